The SMILES string of the molecule is O=C1OC(CCCC2=CCCCC2)(C2CCCC2)CC(O)=C1Cl. The minimum atomic E-state index is -0.542. The summed E-state index contributed by atoms with van der Waals surface area (Å²) in [5, 5.41) is 10.00. The van der Waals surface area contributed by atoms with Gasteiger partial charge in [-0.05, 0) is 63.7 Å². The fourth-order valence-corrected chi connectivity index (χ4v) is 4.62. The lowest BCUT2D eigenvalue weighted by Gasteiger charge is -2.41. The first-order chi connectivity index (χ1) is 11.1. The van der Waals surface area contributed by atoms with Gasteiger partial charge < -0.3 is 9.84 Å². The average molecular weight is 339 g/mol. The number of rotatable bonds is 5. The van der Waals surface area contributed by atoms with Crippen molar-refractivity contribution in [3.63, 3.8) is 0 Å². The van der Waals surface area contributed by atoms with Gasteiger partial charge in [0.15, 0.2) is 5.03 Å². The van der Waals surface area contributed by atoms with Crippen molar-refractivity contribution in [1.82, 2.24) is 0 Å². The molecular formula is C19H27ClO3. The van der Waals surface area contributed by atoms with Crippen LogP contribution in [-0.2, 0) is 9.53 Å². The van der Waals surface area contributed by atoms with Gasteiger partial charge in [0.25, 0.3) is 0 Å². The van der Waals surface area contributed by atoms with E-state index in [1.165, 1.54) is 38.5 Å². The van der Waals surface area contributed by atoms with E-state index in [0.717, 1.165) is 32.1 Å². The molecule has 0 aromatic heterocycles. The zero-order valence-corrected chi connectivity index (χ0v) is 14.5. The van der Waals surface area contributed by atoms with Gasteiger partial charge in [-0.25, -0.2) is 4.79 Å². The third kappa shape index (κ3) is 3.76. The molecule has 1 saturated carbocycles. The van der Waals surface area contributed by atoms with Gasteiger partial charge >= 0.3 is 5.97 Å². The number of carbonyl (C=O) groups is 1. The van der Waals surface area contributed by atoms with Crippen LogP contribution in [0.1, 0.15) is 77.0 Å². The molecule has 1 heterocycles. The molecule has 23 heavy (non-hydrogen) atoms. The normalized spacial score (nSPS) is 29.6. The third-order valence-electron chi connectivity index (χ3n) is 5.78. The lowest BCUT2D eigenvalue weighted by molar-refractivity contribution is -0.166. The molecule has 1 atom stereocenters. The van der Waals surface area contributed by atoms with E-state index in [9.17, 15) is 9.90 Å². The molecule has 0 aromatic rings. The molecule has 3 rings (SSSR count). The molecular weight excluding hydrogens is 312 g/mol. The van der Waals surface area contributed by atoms with E-state index in [4.69, 9.17) is 16.3 Å². The number of carbonyl (C=O) groups excluding carboxylic acids is 1. The Hall–Kier alpha value is -0.960. The fourth-order valence-electron chi connectivity index (χ4n) is 4.51. The monoisotopic (exact) mass is 338 g/mol. The van der Waals surface area contributed by atoms with Gasteiger partial charge in [0.05, 0.1) is 0 Å². The van der Waals surface area contributed by atoms with Crippen LogP contribution in [0, 0.1) is 5.92 Å². The molecule has 0 radical (unpaired) electrons. The Morgan fingerprint density at radius 3 is 2.70 bits per heavy atom. The summed E-state index contributed by atoms with van der Waals surface area (Å²) in [4.78, 5) is 12.1. The second-order valence-electron chi connectivity index (χ2n) is 7.33. The maximum atomic E-state index is 12.1. The van der Waals surface area contributed by atoms with Crippen molar-refractivity contribution >= 4 is 17.6 Å². The molecule has 0 aromatic carbocycles. The van der Waals surface area contributed by atoms with Crippen molar-refractivity contribution in [3.05, 3.63) is 22.4 Å². The highest BCUT2D eigenvalue weighted by molar-refractivity contribution is 6.41. The highest BCUT2D eigenvalue weighted by Crippen LogP contribution is 2.46. The fraction of sp³-hybridized carbons (Fsp3) is 0.737. The lowest BCUT2D eigenvalue weighted by Crippen LogP contribution is -2.45. The summed E-state index contributed by atoms with van der Waals surface area (Å²) in [5.41, 5.74) is 1.02. The van der Waals surface area contributed by atoms with Crippen molar-refractivity contribution in [2.75, 3.05) is 0 Å². The minimum absolute atomic E-state index is 0.0201. The van der Waals surface area contributed by atoms with Crippen molar-refractivity contribution < 1.29 is 14.6 Å². The van der Waals surface area contributed by atoms with Crippen LogP contribution >= 0.6 is 11.6 Å². The van der Waals surface area contributed by atoms with Crippen LogP contribution in [0.2, 0.25) is 0 Å². The number of aliphatic hydroxyl groups excluding tert-OH is 1. The highest BCUT2D eigenvalue weighted by Gasteiger charge is 2.47. The highest BCUT2D eigenvalue weighted by atomic mass is 35.5. The van der Waals surface area contributed by atoms with Crippen LogP contribution in [-0.4, -0.2) is 16.7 Å². The quantitative estimate of drug-likeness (QED) is 0.528. The molecule has 128 valence electrons. The lowest BCUT2D eigenvalue weighted by atomic mass is 9.77. The maximum Gasteiger partial charge on any atom is 0.353 e. The van der Waals surface area contributed by atoms with E-state index in [1.807, 2.05) is 0 Å². The molecule has 2 aliphatic carbocycles. The largest absolute Gasteiger partial charge is 0.510 e. The van der Waals surface area contributed by atoms with Crippen molar-refractivity contribution in [3.8, 4) is 0 Å². The number of halogens is 1. The summed E-state index contributed by atoms with van der Waals surface area (Å²) >= 11 is 5.85. The number of cyclic esters (lactones) is 1. The molecule has 1 fully saturated rings. The van der Waals surface area contributed by atoms with E-state index < -0.39 is 11.6 Å². The Morgan fingerprint density at radius 2 is 2.04 bits per heavy atom. The zero-order valence-electron chi connectivity index (χ0n) is 13.8. The van der Waals surface area contributed by atoms with E-state index in [1.54, 1.807) is 5.57 Å². The number of allylic oxidation sites excluding steroid dienone is 2. The van der Waals surface area contributed by atoms with Crippen LogP contribution in [0.3, 0.4) is 0 Å². The maximum absolute atomic E-state index is 12.1. The molecule has 4 heteroatoms. The molecule has 1 N–H and O–H groups in total. The van der Waals surface area contributed by atoms with Gasteiger partial charge in [-0.2, -0.15) is 0 Å². The van der Waals surface area contributed by atoms with E-state index >= 15 is 0 Å². The van der Waals surface area contributed by atoms with Gasteiger partial charge in [-0.3, -0.25) is 0 Å². The molecule has 0 bridgehead atoms. The van der Waals surface area contributed by atoms with Crippen molar-refractivity contribution in [2.24, 2.45) is 5.92 Å². The summed E-state index contributed by atoms with van der Waals surface area (Å²) in [6.07, 6.45) is 15.3. The first-order valence-corrected chi connectivity index (χ1v) is 9.47. The number of ether oxygens (including phenoxy) is 1. The second kappa shape index (κ2) is 7.29. The Kier molecular flexibility index (Phi) is 5.35. The summed E-state index contributed by atoms with van der Waals surface area (Å²) in [5.74, 6) is -0.162. The molecule has 1 aliphatic heterocycles. The summed E-state index contributed by atoms with van der Waals surface area (Å²) in [6.45, 7) is 0. The third-order valence-corrected chi connectivity index (χ3v) is 6.15. The first-order valence-electron chi connectivity index (χ1n) is 9.09. The van der Waals surface area contributed by atoms with Crippen LogP contribution < -0.4 is 0 Å². The first kappa shape index (κ1) is 16.9. The Bertz CT molecular complexity index is 517. The van der Waals surface area contributed by atoms with E-state index in [2.05, 4.69) is 6.08 Å². The molecule has 0 saturated heterocycles. The number of aliphatic hydroxyl groups is 1. The smallest absolute Gasteiger partial charge is 0.353 e. The number of hydrogen-bond donors (Lipinski definition) is 1. The molecule has 3 nitrogen and oxygen atoms in total. The van der Waals surface area contributed by atoms with E-state index in [0.29, 0.717) is 12.3 Å². The summed E-state index contributed by atoms with van der Waals surface area (Å²) in [7, 11) is 0. The van der Waals surface area contributed by atoms with Gasteiger partial charge in [-0.1, -0.05) is 36.1 Å². The van der Waals surface area contributed by atoms with Crippen LogP contribution in [0.5, 0.6) is 0 Å². The Balaban J connectivity index is 1.69. The molecule has 0 amide bonds. The van der Waals surface area contributed by atoms with Crippen molar-refractivity contribution in [2.45, 2.75) is 82.7 Å². The standard InChI is InChI=1S/C19H27ClO3/c20-17-16(21)13-19(23-18(17)22,15-10-4-5-11-15)12-6-9-14-7-2-1-3-8-14/h7,15,21H,1-6,8-13H2. The van der Waals surface area contributed by atoms with Crippen molar-refractivity contribution in [1.29, 1.82) is 0 Å². The van der Waals surface area contributed by atoms with Crippen LogP contribution in [0.4, 0.5) is 0 Å². The summed E-state index contributed by atoms with van der Waals surface area (Å²) in [6, 6.07) is 0. The van der Waals surface area contributed by atoms with Crippen LogP contribution in [0.25, 0.3) is 0 Å². The van der Waals surface area contributed by atoms with Gasteiger partial charge in [0.1, 0.15) is 11.4 Å². The summed E-state index contributed by atoms with van der Waals surface area (Å²) < 4.78 is 5.82. The van der Waals surface area contributed by atoms with Crippen LogP contribution in [0.15, 0.2) is 22.4 Å². The predicted octanol–water partition coefficient (Wildman–Crippen LogP) is 5.54. The molecule has 0 spiro atoms. The predicted molar refractivity (Wildman–Crippen MR) is 91.3 cm³/mol. The van der Waals surface area contributed by atoms with E-state index in [-0.39, 0.29) is 10.8 Å². The number of esters is 1. The average Bonchev–Trinajstić information content (AvgIpc) is 3.09. The number of hydrogen-bond acceptors (Lipinski definition) is 3. The zero-order chi connectivity index (χ0) is 16.3. The second-order valence-corrected chi connectivity index (χ2v) is 7.71. The Labute approximate surface area is 143 Å². The van der Waals surface area contributed by atoms with Gasteiger partial charge in [0, 0.05) is 6.42 Å². The molecule has 3 aliphatic rings. The van der Waals surface area contributed by atoms with Gasteiger partial charge in [-0.15, -0.1) is 0 Å². The minimum Gasteiger partial charge on any atom is -0.510 e. The molecule has 1 unspecified atom stereocenters. The topological polar surface area (TPSA) is 46.5 Å². The Morgan fingerprint density at radius 1 is 1.26 bits per heavy atom. The van der Waals surface area contributed by atoms with Gasteiger partial charge in [0.2, 0.25) is 0 Å².